The molecule has 1 atom stereocenters. The van der Waals surface area contributed by atoms with Crippen LogP contribution in [0.1, 0.15) is 46.8 Å². The second-order valence-corrected chi connectivity index (χ2v) is 6.04. The Morgan fingerprint density at radius 2 is 2.28 bits per heavy atom. The van der Waals surface area contributed by atoms with Crippen LogP contribution in [0.4, 0.5) is 0 Å². The highest BCUT2D eigenvalue weighted by atomic mass is 16.5. The first kappa shape index (κ1) is 17.6. The largest absolute Gasteiger partial charge is 0.382 e. The van der Waals surface area contributed by atoms with E-state index in [4.69, 9.17) is 14.0 Å². The molecule has 3 heterocycles. The van der Waals surface area contributed by atoms with Crippen LogP contribution in [-0.2, 0) is 23.1 Å². The van der Waals surface area contributed by atoms with E-state index in [-0.39, 0.29) is 18.6 Å². The third kappa shape index (κ3) is 3.88. The van der Waals surface area contributed by atoms with Crippen molar-refractivity contribution < 1.29 is 18.8 Å². The standard InChI is InChI=1S/C16H23N5O4/c1-11-9-13(20(2)18-11)16(22)21-6-4-5-12(21)15-17-14(25-19-15)10-24-8-7-23-3/h9,12H,4-8,10H2,1-3H3. The van der Waals surface area contributed by atoms with Gasteiger partial charge >= 0.3 is 0 Å². The predicted molar refractivity (Wildman–Crippen MR) is 86.8 cm³/mol. The molecule has 0 spiro atoms. The van der Waals surface area contributed by atoms with Crippen molar-refractivity contribution in [2.75, 3.05) is 26.9 Å². The van der Waals surface area contributed by atoms with E-state index in [1.165, 1.54) is 0 Å². The van der Waals surface area contributed by atoms with Crippen molar-refractivity contribution >= 4 is 5.91 Å². The minimum atomic E-state index is -0.181. The first-order chi connectivity index (χ1) is 12.1. The molecular formula is C16H23N5O4. The van der Waals surface area contributed by atoms with Gasteiger partial charge in [-0.1, -0.05) is 5.16 Å². The second kappa shape index (κ2) is 7.75. The molecule has 1 fully saturated rings. The van der Waals surface area contributed by atoms with Gasteiger partial charge in [-0.25, -0.2) is 0 Å². The fraction of sp³-hybridized carbons (Fsp3) is 0.625. The Balaban J connectivity index is 1.68. The monoisotopic (exact) mass is 349 g/mol. The van der Waals surface area contributed by atoms with Crippen molar-refractivity contribution in [1.29, 1.82) is 0 Å². The summed E-state index contributed by atoms with van der Waals surface area (Å²) in [4.78, 5) is 19.0. The number of rotatable bonds is 7. The number of ether oxygens (including phenoxy) is 2. The Kier molecular flexibility index (Phi) is 5.44. The molecule has 0 saturated carbocycles. The molecule has 0 bridgehead atoms. The van der Waals surface area contributed by atoms with Crippen LogP contribution in [0.15, 0.2) is 10.6 Å². The van der Waals surface area contributed by atoms with E-state index >= 15 is 0 Å². The summed E-state index contributed by atoms with van der Waals surface area (Å²) in [7, 11) is 3.39. The summed E-state index contributed by atoms with van der Waals surface area (Å²) in [6.07, 6.45) is 1.72. The molecule has 1 aliphatic heterocycles. The molecule has 1 saturated heterocycles. The molecular weight excluding hydrogens is 326 g/mol. The lowest BCUT2D eigenvalue weighted by Gasteiger charge is -2.22. The van der Waals surface area contributed by atoms with Crippen molar-refractivity contribution in [3.63, 3.8) is 0 Å². The highest BCUT2D eigenvalue weighted by Crippen LogP contribution is 2.31. The van der Waals surface area contributed by atoms with Gasteiger partial charge in [0.05, 0.1) is 24.9 Å². The van der Waals surface area contributed by atoms with Crippen LogP contribution in [0, 0.1) is 6.92 Å². The maximum Gasteiger partial charge on any atom is 0.272 e. The van der Waals surface area contributed by atoms with E-state index < -0.39 is 0 Å². The van der Waals surface area contributed by atoms with Crippen LogP contribution in [0.25, 0.3) is 0 Å². The van der Waals surface area contributed by atoms with Crippen LogP contribution in [0.2, 0.25) is 0 Å². The summed E-state index contributed by atoms with van der Waals surface area (Å²) in [5.41, 5.74) is 1.38. The molecule has 1 amide bonds. The van der Waals surface area contributed by atoms with Crippen LogP contribution >= 0.6 is 0 Å². The number of nitrogens with zero attached hydrogens (tertiary/aromatic N) is 5. The Labute approximate surface area is 145 Å². The van der Waals surface area contributed by atoms with Crippen molar-refractivity contribution in [3.05, 3.63) is 29.2 Å². The molecule has 3 rings (SSSR count). The summed E-state index contributed by atoms with van der Waals surface area (Å²) < 4.78 is 17.1. The van der Waals surface area contributed by atoms with Gasteiger partial charge in [0.15, 0.2) is 5.82 Å². The molecule has 9 nitrogen and oxygen atoms in total. The van der Waals surface area contributed by atoms with Gasteiger partial charge in [-0.2, -0.15) is 10.1 Å². The SMILES string of the molecule is COCCOCc1nc(C2CCCN2C(=O)c2cc(C)nn2C)no1. The van der Waals surface area contributed by atoms with Crippen molar-refractivity contribution in [1.82, 2.24) is 24.8 Å². The first-order valence-electron chi connectivity index (χ1n) is 8.31. The average Bonchev–Trinajstić information content (AvgIpc) is 3.30. The van der Waals surface area contributed by atoms with Gasteiger partial charge in [0.1, 0.15) is 12.3 Å². The molecule has 0 aromatic carbocycles. The molecule has 25 heavy (non-hydrogen) atoms. The normalized spacial score (nSPS) is 17.4. The number of hydrogen-bond donors (Lipinski definition) is 0. The minimum absolute atomic E-state index is 0.0618. The van der Waals surface area contributed by atoms with E-state index in [9.17, 15) is 4.79 Å². The van der Waals surface area contributed by atoms with Gasteiger partial charge in [-0.05, 0) is 25.8 Å². The molecule has 0 radical (unpaired) electrons. The third-order valence-electron chi connectivity index (χ3n) is 4.17. The maximum absolute atomic E-state index is 12.9. The van der Waals surface area contributed by atoms with Gasteiger partial charge in [0, 0.05) is 20.7 Å². The fourth-order valence-corrected chi connectivity index (χ4v) is 3.00. The summed E-state index contributed by atoms with van der Waals surface area (Å²) in [6.45, 7) is 3.74. The molecule has 2 aromatic heterocycles. The van der Waals surface area contributed by atoms with Gasteiger partial charge in [-0.3, -0.25) is 9.48 Å². The highest BCUT2D eigenvalue weighted by molar-refractivity contribution is 5.93. The molecule has 1 unspecified atom stereocenters. The topological polar surface area (TPSA) is 95.5 Å². The second-order valence-electron chi connectivity index (χ2n) is 6.04. The quantitative estimate of drug-likeness (QED) is 0.694. The van der Waals surface area contributed by atoms with Gasteiger partial charge < -0.3 is 18.9 Å². The van der Waals surface area contributed by atoms with Crippen LogP contribution < -0.4 is 0 Å². The van der Waals surface area contributed by atoms with Crippen LogP contribution in [-0.4, -0.2) is 57.6 Å². The van der Waals surface area contributed by atoms with E-state index in [1.807, 2.05) is 6.92 Å². The molecule has 136 valence electrons. The number of aryl methyl sites for hydroxylation is 2. The lowest BCUT2D eigenvalue weighted by atomic mass is 10.2. The van der Waals surface area contributed by atoms with Crippen molar-refractivity contribution in [2.45, 2.75) is 32.4 Å². The zero-order valence-corrected chi connectivity index (χ0v) is 14.8. The van der Waals surface area contributed by atoms with Crippen LogP contribution in [0.3, 0.4) is 0 Å². The molecule has 1 aliphatic rings. The number of likely N-dealkylation sites (tertiary alicyclic amines) is 1. The van der Waals surface area contributed by atoms with E-state index in [1.54, 1.807) is 29.8 Å². The van der Waals surface area contributed by atoms with Crippen LogP contribution in [0.5, 0.6) is 0 Å². The number of methoxy groups -OCH3 is 1. The summed E-state index contributed by atoms with van der Waals surface area (Å²) in [5, 5.41) is 8.28. The number of amides is 1. The molecule has 0 aliphatic carbocycles. The minimum Gasteiger partial charge on any atom is -0.382 e. The number of carbonyl (C=O) groups excluding carboxylic acids is 1. The summed E-state index contributed by atoms with van der Waals surface area (Å²) in [6, 6.07) is 1.61. The number of hydrogen-bond acceptors (Lipinski definition) is 7. The average molecular weight is 349 g/mol. The molecule has 2 aromatic rings. The number of carbonyl (C=O) groups is 1. The summed E-state index contributed by atoms with van der Waals surface area (Å²) in [5.74, 6) is 0.866. The van der Waals surface area contributed by atoms with E-state index in [0.717, 1.165) is 18.5 Å². The Morgan fingerprint density at radius 3 is 3.00 bits per heavy atom. The Bertz CT molecular complexity index is 726. The Hall–Kier alpha value is -2.26. The zero-order chi connectivity index (χ0) is 17.8. The molecule has 0 N–H and O–H groups in total. The zero-order valence-electron chi connectivity index (χ0n) is 14.8. The first-order valence-corrected chi connectivity index (χ1v) is 8.31. The fourth-order valence-electron chi connectivity index (χ4n) is 3.00. The van der Waals surface area contributed by atoms with Gasteiger partial charge in [-0.15, -0.1) is 0 Å². The van der Waals surface area contributed by atoms with Gasteiger partial charge in [0.25, 0.3) is 11.8 Å². The van der Waals surface area contributed by atoms with Crippen molar-refractivity contribution in [3.8, 4) is 0 Å². The smallest absolute Gasteiger partial charge is 0.272 e. The van der Waals surface area contributed by atoms with E-state index in [2.05, 4.69) is 15.2 Å². The number of aromatic nitrogens is 4. The summed E-state index contributed by atoms with van der Waals surface area (Å²) >= 11 is 0. The highest BCUT2D eigenvalue weighted by Gasteiger charge is 2.35. The van der Waals surface area contributed by atoms with E-state index in [0.29, 0.717) is 37.2 Å². The Morgan fingerprint density at radius 1 is 1.44 bits per heavy atom. The lowest BCUT2D eigenvalue weighted by Crippen LogP contribution is -2.32. The maximum atomic E-state index is 12.9. The predicted octanol–water partition coefficient (Wildman–Crippen LogP) is 1.25. The molecule has 9 heteroatoms. The van der Waals surface area contributed by atoms with Crippen molar-refractivity contribution in [2.24, 2.45) is 7.05 Å². The third-order valence-corrected chi connectivity index (χ3v) is 4.17. The lowest BCUT2D eigenvalue weighted by molar-refractivity contribution is 0.0494. The van der Waals surface area contributed by atoms with Gasteiger partial charge in [0.2, 0.25) is 0 Å².